The Morgan fingerprint density at radius 3 is 2.93 bits per heavy atom. The Labute approximate surface area is 90.3 Å². The van der Waals surface area contributed by atoms with E-state index in [1.165, 1.54) is 10.4 Å². The highest BCUT2D eigenvalue weighted by Gasteiger charge is 2.07. The first-order chi connectivity index (χ1) is 6.75. The van der Waals surface area contributed by atoms with E-state index in [4.69, 9.17) is 4.74 Å². The number of thiophene rings is 1. The van der Waals surface area contributed by atoms with Gasteiger partial charge in [-0.1, -0.05) is 0 Å². The van der Waals surface area contributed by atoms with Gasteiger partial charge in [0.2, 0.25) is 0 Å². The predicted octanol–water partition coefficient (Wildman–Crippen LogP) is 2.74. The SMILES string of the molecule is CCOCCNC(C)c1sccc1C. The van der Waals surface area contributed by atoms with Crippen molar-refractivity contribution in [2.24, 2.45) is 0 Å². The molecule has 0 aromatic carbocycles. The van der Waals surface area contributed by atoms with Crippen molar-refractivity contribution in [2.75, 3.05) is 19.8 Å². The van der Waals surface area contributed by atoms with E-state index in [0.717, 1.165) is 19.8 Å². The van der Waals surface area contributed by atoms with Gasteiger partial charge in [-0.05, 0) is 37.8 Å². The van der Waals surface area contributed by atoms with E-state index < -0.39 is 0 Å². The highest BCUT2D eigenvalue weighted by molar-refractivity contribution is 7.10. The van der Waals surface area contributed by atoms with Gasteiger partial charge in [-0.25, -0.2) is 0 Å². The third kappa shape index (κ3) is 3.40. The maximum absolute atomic E-state index is 5.27. The van der Waals surface area contributed by atoms with Gasteiger partial charge >= 0.3 is 0 Å². The summed E-state index contributed by atoms with van der Waals surface area (Å²) in [4.78, 5) is 1.43. The topological polar surface area (TPSA) is 21.3 Å². The van der Waals surface area contributed by atoms with E-state index in [0.29, 0.717) is 6.04 Å². The van der Waals surface area contributed by atoms with E-state index in [1.807, 2.05) is 18.3 Å². The van der Waals surface area contributed by atoms with Gasteiger partial charge in [-0.3, -0.25) is 0 Å². The first-order valence-corrected chi connectivity index (χ1v) is 5.98. The van der Waals surface area contributed by atoms with Gasteiger partial charge in [0.25, 0.3) is 0 Å². The molecule has 1 atom stereocenters. The van der Waals surface area contributed by atoms with E-state index in [2.05, 4.69) is 30.6 Å². The second-order valence-electron chi connectivity index (χ2n) is 3.34. The average Bonchev–Trinajstić information content (AvgIpc) is 2.59. The van der Waals surface area contributed by atoms with Gasteiger partial charge < -0.3 is 10.1 Å². The van der Waals surface area contributed by atoms with Crippen LogP contribution in [-0.4, -0.2) is 19.8 Å². The highest BCUT2D eigenvalue weighted by Crippen LogP contribution is 2.22. The van der Waals surface area contributed by atoms with Crippen molar-refractivity contribution in [3.05, 3.63) is 21.9 Å². The number of hydrogen-bond acceptors (Lipinski definition) is 3. The van der Waals surface area contributed by atoms with Crippen LogP contribution in [0, 0.1) is 6.92 Å². The molecule has 0 fully saturated rings. The van der Waals surface area contributed by atoms with Crippen molar-refractivity contribution < 1.29 is 4.74 Å². The molecule has 80 valence electrons. The quantitative estimate of drug-likeness (QED) is 0.734. The second kappa shape index (κ2) is 6.17. The van der Waals surface area contributed by atoms with Crippen LogP contribution in [0.15, 0.2) is 11.4 Å². The summed E-state index contributed by atoms with van der Waals surface area (Å²) in [5, 5.41) is 5.59. The van der Waals surface area contributed by atoms with Crippen molar-refractivity contribution in [3.63, 3.8) is 0 Å². The Bertz CT molecular complexity index is 260. The molecule has 0 saturated heterocycles. The van der Waals surface area contributed by atoms with Gasteiger partial charge in [0.15, 0.2) is 0 Å². The molecule has 0 bridgehead atoms. The fourth-order valence-electron chi connectivity index (χ4n) is 1.41. The molecule has 1 rings (SSSR count). The van der Waals surface area contributed by atoms with Gasteiger partial charge in [-0.15, -0.1) is 11.3 Å². The van der Waals surface area contributed by atoms with E-state index >= 15 is 0 Å². The molecule has 1 aromatic heterocycles. The van der Waals surface area contributed by atoms with Crippen LogP contribution < -0.4 is 5.32 Å². The lowest BCUT2D eigenvalue weighted by atomic mass is 10.2. The number of hydrogen-bond donors (Lipinski definition) is 1. The minimum atomic E-state index is 0.440. The van der Waals surface area contributed by atoms with E-state index in [-0.39, 0.29) is 0 Å². The largest absolute Gasteiger partial charge is 0.380 e. The minimum Gasteiger partial charge on any atom is -0.380 e. The zero-order chi connectivity index (χ0) is 10.4. The third-order valence-electron chi connectivity index (χ3n) is 2.20. The number of nitrogens with one attached hydrogen (secondary N) is 1. The van der Waals surface area contributed by atoms with Crippen LogP contribution in [-0.2, 0) is 4.74 Å². The molecule has 14 heavy (non-hydrogen) atoms. The molecule has 1 heterocycles. The van der Waals surface area contributed by atoms with E-state index in [9.17, 15) is 0 Å². The maximum atomic E-state index is 5.27. The Morgan fingerprint density at radius 1 is 1.57 bits per heavy atom. The summed E-state index contributed by atoms with van der Waals surface area (Å²) >= 11 is 1.82. The highest BCUT2D eigenvalue weighted by atomic mass is 32.1. The zero-order valence-electron chi connectivity index (χ0n) is 9.17. The van der Waals surface area contributed by atoms with Gasteiger partial charge in [-0.2, -0.15) is 0 Å². The molecule has 0 radical (unpaired) electrons. The van der Waals surface area contributed by atoms with Crippen LogP contribution in [0.2, 0.25) is 0 Å². The number of rotatable bonds is 6. The molecule has 1 aromatic rings. The summed E-state index contributed by atoms with van der Waals surface area (Å²) < 4.78 is 5.27. The lowest BCUT2D eigenvalue weighted by molar-refractivity contribution is 0.147. The van der Waals surface area contributed by atoms with Crippen LogP contribution in [0.3, 0.4) is 0 Å². The first-order valence-electron chi connectivity index (χ1n) is 5.10. The summed E-state index contributed by atoms with van der Waals surface area (Å²) in [7, 11) is 0. The molecule has 0 aliphatic heterocycles. The van der Waals surface area contributed by atoms with E-state index in [1.54, 1.807) is 0 Å². The third-order valence-corrected chi connectivity index (χ3v) is 3.40. The van der Waals surface area contributed by atoms with Crippen molar-refractivity contribution in [3.8, 4) is 0 Å². The molecular formula is C11H19NOS. The molecule has 2 nitrogen and oxygen atoms in total. The van der Waals surface area contributed by atoms with Crippen molar-refractivity contribution >= 4 is 11.3 Å². The van der Waals surface area contributed by atoms with Crippen molar-refractivity contribution in [1.82, 2.24) is 5.32 Å². The number of aryl methyl sites for hydroxylation is 1. The van der Waals surface area contributed by atoms with Crippen LogP contribution in [0.25, 0.3) is 0 Å². The second-order valence-corrected chi connectivity index (χ2v) is 4.29. The zero-order valence-corrected chi connectivity index (χ0v) is 9.99. The van der Waals surface area contributed by atoms with Gasteiger partial charge in [0.05, 0.1) is 6.61 Å². The summed E-state index contributed by atoms with van der Waals surface area (Å²) in [6.45, 7) is 8.90. The Balaban J connectivity index is 2.28. The van der Waals surface area contributed by atoms with Gasteiger partial charge in [0, 0.05) is 24.1 Å². The molecule has 0 aliphatic carbocycles. The molecule has 0 amide bonds. The minimum absolute atomic E-state index is 0.440. The summed E-state index contributed by atoms with van der Waals surface area (Å²) in [5.74, 6) is 0. The smallest absolute Gasteiger partial charge is 0.0590 e. The van der Waals surface area contributed by atoms with Crippen molar-refractivity contribution in [2.45, 2.75) is 26.8 Å². The molecule has 3 heteroatoms. The Kier molecular flexibility index (Phi) is 5.15. The van der Waals surface area contributed by atoms with Crippen LogP contribution in [0.1, 0.15) is 30.3 Å². The van der Waals surface area contributed by atoms with Crippen LogP contribution in [0.4, 0.5) is 0 Å². The summed E-state index contributed by atoms with van der Waals surface area (Å²) in [5.41, 5.74) is 1.38. The molecule has 1 N–H and O–H groups in total. The normalized spacial score (nSPS) is 13.1. The fourth-order valence-corrected chi connectivity index (χ4v) is 2.37. The first kappa shape index (κ1) is 11.7. The van der Waals surface area contributed by atoms with Crippen molar-refractivity contribution in [1.29, 1.82) is 0 Å². The predicted molar refractivity (Wildman–Crippen MR) is 62.0 cm³/mol. The summed E-state index contributed by atoms with van der Waals surface area (Å²) in [6, 6.07) is 2.61. The molecule has 0 saturated carbocycles. The molecule has 0 aliphatic rings. The average molecular weight is 213 g/mol. The monoisotopic (exact) mass is 213 g/mol. The Hall–Kier alpha value is -0.380. The van der Waals surface area contributed by atoms with Crippen LogP contribution in [0.5, 0.6) is 0 Å². The van der Waals surface area contributed by atoms with Gasteiger partial charge in [0.1, 0.15) is 0 Å². The summed E-state index contributed by atoms with van der Waals surface area (Å²) in [6.07, 6.45) is 0. The fraction of sp³-hybridized carbons (Fsp3) is 0.636. The maximum Gasteiger partial charge on any atom is 0.0590 e. The lowest BCUT2D eigenvalue weighted by Crippen LogP contribution is -2.23. The van der Waals surface area contributed by atoms with Crippen LogP contribution >= 0.6 is 11.3 Å². The molecule has 0 spiro atoms. The standard InChI is InChI=1S/C11H19NOS/c1-4-13-7-6-12-10(3)11-9(2)5-8-14-11/h5,8,10,12H,4,6-7H2,1-3H3. The molecular weight excluding hydrogens is 194 g/mol. The Morgan fingerprint density at radius 2 is 2.36 bits per heavy atom. The number of ether oxygens (including phenoxy) is 1. The lowest BCUT2D eigenvalue weighted by Gasteiger charge is -2.13. The molecule has 1 unspecified atom stereocenters.